The number of nitrogens with zero attached hydrogens (tertiary/aromatic N) is 4. The summed E-state index contributed by atoms with van der Waals surface area (Å²) < 4.78 is 27.5. The van der Waals surface area contributed by atoms with Crippen LogP contribution in [-0.2, 0) is 10.0 Å². The van der Waals surface area contributed by atoms with Crippen molar-refractivity contribution in [2.75, 3.05) is 25.0 Å². The van der Waals surface area contributed by atoms with Gasteiger partial charge in [0.05, 0.1) is 16.1 Å². The molecule has 150 valence electrons. The maximum Gasteiger partial charge on any atom is 0.269 e. The lowest BCUT2D eigenvalue weighted by molar-refractivity contribution is 0.482. The first-order valence-electron chi connectivity index (χ1n) is 9.63. The summed E-state index contributed by atoms with van der Waals surface area (Å²) in [4.78, 5) is 6.64. The Hall–Kier alpha value is -2.89. The molecule has 0 spiro atoms. The number of aromatic nitrogens is 2. The third-order valence-electron chi connectivity index (χ3n) is 5.75. The van der Waals surface area contributed by atoms with E-state index in [1.807, 2.05) is 7.05 Å². The molecule has 0 amide bonds. The van der Waals surface area contributed by atoms with Crippen LogP contribution in [0, 0.1) is 17.2 Å². The van der Waals surface area contributed by atoms with Gasteiger partial charge in [-0.3, -0.25) is 0 Å². The fourth-order valence-corrected chi connectivity index (χ4v) is 5.49. The minimum absolute atomic E-state index is 0.199. The highest BCUT2D eigenvalue weighted by Crippen LogP contribution is 2.34. The van der Waals surface area contributed by atoms with Gasteiger partial charge in [-0.15, -0.1) is 0 Å². The van der Waals surface area contributed by atoms with Gasteiger partial charge >= 0.3 is 0 Å². The molecule has 0 radical (unpaired) electrons. The minimum Gasteiger partial charge on any atom is -0.368 e. The van der Waals surface area contributed by atoms with Crippen LogP contribution >= 0.6 is 0 Å². The molecule has 4 rings (SSSR count). The van der Waals surface area contributed by atoms with Gasteiger partial charge in [-0.25, -0.2) is 17.4 Å². The van der Waals surface area contributed by atoms with E-state index >= 15 is 0 Å². The largest absolute Gasteiger partial charge is 0.368 e. The number of nitriles is 1. The van der Waals surface area contributed by atoms with Crippen molar-refractivity contribution >= 4 is 26.7 Å². The lowest BCUT2D eigenvalue weighted by Gasteiger charge is -2.31. The van der Waals surface area contributed by atoms with Gasteiger partial charge in [0.2, 0.25) is 0 Å². The van der Waals surface area contributed by atoms with Crippen molar-refractivity contribution in [2.45, 2.75) is 24.3 Å². The number of fused-ring (bicyclic) bond motifs is 1. The van der Waals surface area contributed by atoms with Gasteiger partial charge in [0.25, 0.3) is 10.0 Å². The number of likely N-dealkylation sites (N-methyl/N-ethyl adjacent to an activating group) is 1. The summed E-state index contributed by atoms with van der Waals surface area (Å²) >= 11 is 0. The van der Waals surface area contributed by atoms with Crippen LogP contribution in [0.2, 0.25) is 0 Å². The number of anilines is 1. The molecule has 1 N–H and O–H groups in total. The molecule has 3 aromatic rings. The second-order valence-electron chi connectivity index (χ2n) is 7.30. The zero-order chi connectivity index (χ0) is 20.6. The number of pyridine rings is 1. The molecule has 1 fully saturated rings. The van der Waals surface area contributed by atoms with Crippen LogP contribution in [0.3, 0.4) is 0 Å². The molecule has 0 unspecified atom stereocenters. The molecule has 1 aliphatic rings. The summed E-state index contributed by atoms with van der Waals surface area (Å²) in [5.74, 6) is 0.463. The Morgan fingerprint density at radius 1 is 1.28 bits per heavy atom. The Balaban J connectivity index is 1.88. The molecule has 1 saturated heterocycles. The van der Waals surface area contributed by atoms with Crippen LogP contribution in [0.25, 0.3) is 11.0 Å². The lowest BCUT2D eigenvalue weighted by Crippen LogP contribution is -2.38. The summed E-state index contributed by atoms with van der Waals surface area (Å²) in [6.07, 6.45) is 4.01. The first-order chi connectivity index (χ1) is 14.0. The van der Waals surface area contributed by atoms with Gasteiger partial charge < -0.3 is 10.2 Å². The second-order valence-corrected chi connectivity index (χ2v) is 9.12. The third-order valence-corrected chi connectivity index (χ3v) is 7.43. The summed E-state index contributed by atoms with van der Waals surface area (Å²) in [6, 6.07) is 12.5. The van der Waals surface area contributed by atoms with Crippen molar-refractivity contribution in [1.82, 2.24) is 14.3 Å². The predicted octanol–water partition coefficient (Wildman–Crippen LogP) is 2.58. The zero-order valence-electron chi connectivity index (χ0n) is 16.4. The van der Waals surface area contributed by atoms with E-state index in [0.29, 0.717) is 22.5 Å². The molecule has 0 saturated carbocycles. The molecule has 1 aromatic carbocycles. The van der Waals surface area contributed by atoms with Crippen LogP contribution < -0.4 is 10.2 Å². The summed E-state index contributed by atoms with van der Waals surface area (Å²) in [5.41, 5.74) is 1.50. The van der Waals surface area contributed by atoms with Crippen LogP contribution in [0.1, 0.15) is 18.9 Å². The average molecular weight is 410 g/mol. The molecule has 29 heavy (non-hydrogen) atoms. The van der Waals surface area contributed by atoms with Crippen LogP contribution in [-0.4, -0.2) is 43.6 Å². The number of rotatable bonds is 5. The number of nitrogens with one attached hydrogen (secondary N) is 1. The van der Waals surface area contributed by atoms with E-state index in [9.17, 15) is 13.7 Å². The SMILES string of the molecule is CC[C@@H]1CNC[C@@H]1N(C)c1c(C#N)cnc2c1ccn2S(=O)(=O)c1ccccc1. The standard InChI is InChI=1S/C21H23N5O2S/c1-3-15-12-23-14-19(15)25(2)20-16(11-22)13-24-21-18(20)9-10-26(21)29(27,28)17-7-5-4-6-8-17/h4-10,13,15,19,23H,3,12,14H2,1-2H3/t15-,19+/m1/s1. The Kier molecular flexibility index (Phi) is 5.03. The maximum absolute atomic E-state index is 13.1. The van der Waals surface area contributed by atoms with E-state index < -0.39 is 10.0 Å². The quantitative estimate of drug-likeness (QED) is 0.696. The van der Waals surface area contributed by atoms with E-state index in [4.69, 9.17) is 0 Å². The lowest BCUT2D eigenvalue weighted by atomic mass is 9.98. The molecule has 2 aromatic heterocycles. The van der Waals surface area contributed by atoms with E-state index in [1.54, 1.807) is 36.4 Å². The van der Waals surface area contributed by atoms with E-state index in [1.165, 1.54) is 16.4 Å². The highest BCUT2D eigenvalue weighted by atomic mass is 32.2. The molecule has 3 heterocycles. The first-order valence-corrected chi connectivity index (χ1v) is 11.1. The molecule has 1 aliphatic heterocycles. The summed E-state index contributed by atoms with van der Waals surface area (Å²) in [7, 11) is -1.81. The Morgan fingerprint density at radius 2 is 2.03 bits per heavy atom. The maximum atomic E-state index is 13.1. The number of benzene rings is 1. The van der Waals surface area contributed by atoms with Crippen molar-refractivity contribution < 1.29 is 8.42 Å². The fourth-order valence-electron chi connectivity index (χ4n) is 4.17. The summed E-state index contributed by atoms with van der Waals surface area (Å²) in [5, 5.41) is 13.8. The van der Waals surface area contributed by atoms with Crippen molar-refractivity contribution in [3.8, 4) is 6.07 Å². The van der Waals surface area contributed by atoms with Gasteiger partial charge in [-0.2, -0.15) is 5.26 Å². The molecule has 2 atom stereocenters. The van der Waals surface area contributed by atoms with E-state index in [0.717, 1.165) is 25.2 Å². The van der Waals surface area contributed by atoms with Crippen molar-refractivity contribution in [1.29, 1.82) is 5.26 Å². The van der Waals surface area contributed by atoms with Crippen LogP contribution in [0.4, 0.5) is 5.69 Å². The molecule has 7 nitrogen and oxygen atoms in total. The van der Waals surface area contributed by atoms with Gasteiger partial charge in [-0.05, 0) is 24.1 Å². The molecular formula is C21H23N5O2S. The van der Waals surface area contributed by atoms with E-state index in [2.05, 4.69) is 28.2 Å². The molecule has 0 aliphatic carbocycles. The van der Waals surface area contributed by atoms with Crippen molar-refractivity contribution in [3.63, 3.8) is 0 Å². The van der Waals surface area contributed by atoms with Gasteiger partial charge in [0, 0.05) is 44.0 Å². The summed E-state index contributed by atoms with van der Waals surface area (Å²) in [6.45, 7) is 3.92. The normalized spacial score (nSPS) is 19.3. The van der Waals surface area contributed by atoms with Gasteiger partial charge in [0.1, 0.15) is 6.07 Å². The van der Waals surface area contributed by atoms with Gasteiger partial charge in [-0.1, -0.05) is 31.5 Å². The number of hydrogen-bond donors (Lipinski definition) is 1. The topological polar surface area (TPSA) is 91.0 Å². The molecule has 8 heteroatoms. The van der Waals surface area contributed by atoms with Crippen molar-refractivity contribution in [3.05, 3.63) is 54.4 Å². The monoisotopic (exact) mass is 409 g/mol. The van der Waals surface area contributed by atoms with Crippen molar-refractivity contribution in [2.24, 2.45) is 5.92 Å². The average Bonchev–Trinajstić information content (AvgIpc) is 3.40. The smallest absolute Gasteiger partial charge is 0.269 e. The van der Waals surface area contributed by atoms with E-state index in [-0.39, 0.29) is 10.9 Å². The first kappa shape index (κ1) is 19.4. The fraction of sp³-hybridized carbons (Fsp3) is 0.333. The highest BCUT2D eigenvalue weighted by Gasteiger charge is 2.32. The molecule has 0 bridgehead atoms. The van der Waals surface area contributed by atoms with Crippen LogP contribution in [0.5, 0.6) is 0 Å². The predicted molar refractivity (Wildman–Crippen MR) is 112 cm³/mol. The Bertz CT molecular complexity index is 1180. The number of hydrogen-bond acceptors (Lipinski definition) is 6. The Labute approximate surface area is 170 Å². The van der Waals surface area contributed by atoms with Gasteiger partial charge in [0.15, 0.2) is 5.65 Å². The highest BCUT2D eigenvalue weighted by molar-refractivity contribution is 7.90. The van der Waals surface area contributed by atoms with Crippen LogP contribution in [0.15, 0.2) is 53.7 Å². The Morgan fingerprint density at radius 3 is 2.72 bits per heavy atom. The molecular weight excluding hydrogens is 386 g/mol. The second kappa shape index (κ2) is 7.50. The third kappa shape index (κ3) is 3.16. The minimum atomic E-state index is -3.78. The zero-order valence-corrected chi connectivity index (χ0v) is 17.2.